The van der Waals surface area contributed by atoms with Gasteiger partial charge in [-0.05, 0) is 43.0 Å². The minimum atomic E-state index is 0.718. The van der Waals surface area contributed by atoms with E-state index in [1.807, 2.05) is 35.3 Å². The normalized spacial score (nSPS) is 12.3. The Labute approximate surface area is 143 Å². The first kappa shape index (κ1) is 15.8. The summed E-state index contributed by atoms with van der Waals surface area (Å²) in [6.45, 7) is 2.73. The summed E-state index contributed by atoms with van der Waals surface area (Å²) in [4.78, 5) is 6.60. The minimum Gasteiger partial charge on any atom is -0.463 e. The molecule has 6 heteroatoms. The van der Waals surface area contributed by atoms with Gasteiger partial charge in [-0.3, -0.25) is 4.99 Å². The van der Waals surface area contributed by atoms with Crippen LogP contribution in [0.15, 0.2) is 67.4 Å². The zero-order valence-electron chi connectivity index (χ0n) is 13.0. The van der Waals surface area contributed by atoms with Crippen LogP contribution < -0.4 is 4.80 Å². The van der Waals surface area contributed by atoms with Crippen molar-refractivity contribution in [2.24, 2.45) is 10.1 Å². The van der Waals surface area contributed by atoms with Crippen molar-refractivity contribution in [3.8, 4) is 11.5 Å². The van der Waals surface area contributed by atoms with Crippen molar-refractivity contribution < 1.29 is 4.42 Å². The summed E-state index contributed by atoms with van der Waals surface area (Å²) < 4.78 is 7.33. The Balaban J connectivity index is 1.98. The van der Waals surface area contributed by atoms with Gasteiger partial charge in [-0.2, -0.15) is 5.10 Å². The number of hydrogen-bond acceptors (Lipinski definition) is 5. The second kappa shape index (κ2) is 7.48. The first-order valence-electron chi connectivity index (χ1n) is 7.25. The van der Waals surface area contributed by atoms with Gasteiger partial charge < -0.3 is 4.42 Å². The maximum atomic E-state index is 5.50. The molecule has 0 amide bonds. The van der Waals surface area contributed by atoms with E-state index < -0.39 is 0 Å². The van der Waals surface area contributed by atoms with Gasteiger partial charge in [-0.1, -0.05) is 12.1 Å². The Bertz CT molecular complexity index is 843. The highest BCUT2D eigenvalue weighted by Crippen LogP contribution is 2.20. The van der Waals surface area contributed by atoms with E-state index in [1.165, 1.54) is 4.90 Å². The maximum Gasteiger partial charge on any atom is 0.206 e. The van der Waals surface area contributed by atoms with E-state index in [9.17, 15) is 0 Å². The maximum absolute atomic E-state index is 5.50. The number of thiazole rings is 1. The van der Waals surface area contributed by atoms with Gasteiger partial charge in [0.2, 0.25) is 4.80 Å². The van der Waals surface area contributed by atoms with Crippen molar-refractivity contribution in [2.75, 3.05) is 12.8 Å². The lowest BCUT2D eigenvalue weighted by Crippen LogP contribution is -2.12. The molecule has 1 aromatic carbocycles. The molecule has 3 aromatic rings. The number of furan rings is 1. The Morgan fingerprint density at radius 3 is 2.74 bits per heavy atom. The highest BCUT2D eigenvalue weighted by Gasteiger charge is 2.09. The predicted molar refractivity (Wildman–Crippen MR) is 97.3 cm³/mol. The molecule has 0 fully saturated rings. The summed E-state index contributed by atoms with van der Waals surface area (Å²) >= 11 is 3.29. The first-order valence-corrected chi connectivity index (χ1v) is 9.35. The lowest BCUT2D eigenvalue weighted by atomic mass is 10.2. The summed E-state index contributed by atoms with van der Waals surface area (Å²) in [5.74, 6) is 0.786. The molecule has 0 aliphatic carbocycles. The zero-order valence-corrected chi connectivity index (χ0v) is 14.6. The summed E-state index contributed by atoms with van der Waals surface area (Å²) in [6, 6.07) is 12.1. The second-order valence-corrected chi connectivity index (χ2v) is 6.40. The van der Waals surface area contributed by atoms with Gasteiger partial charge in [0.05, 0.1) is 12.5 Å². The molecule has 118 valence electrons. The van der Waals surface area contributed by atoms with E-state index in [4.69, 9.17) is 4.42 Å². The third-order valence-electron chi connectivity index (χ3n) is 3.19. The number of benzene rings is 1. The van der Waals surface area contributed by atoms with Gasteiger partial charge in [-0.15, -0.1) is 23.1 Å². The molecule has 3 rings (SSSR count). The number of nitrogens with zero attached hydrogens (tertiary/aromatic N) is 3. The minimum absolute atomic E-state index is 0.718. The van der Waals surface area contributed by atoms with Gasteiger partial charge in [0.15, 0.2) is 5.76 Å². The Hall–Kier alpha value is -2.05. The molecule has 23 heavy (non-hydrogen) atoms. The third-order valence-corrected chi connectivity index (χ3v) is 4.79. The first-order chi connectivity index (χ1) is 11.3. The fourth-order valence-electron chi connectivity index (χ4n) is 2.06. The SMILES string of the molecule is CCN=c1scc(-c2ccco2)n1N=Cc1ccc(SC)cc1. The molecule has 0 aliphatic heterocycles. The summed E-state index contributed by atoms with van der Waals surface area (Å²) in [7, 11) is 0. The third kappa shape index (κ3) is 3.65. The molecule has 2 heterocycles. The van der Waals surface area contributed by atoms with Crippen molar-refractivity contribution in [3.05, 3.63) is 58.4 Å². The smallest absolute Gasteiger partial charge is 0.206 e. The van der Waals surface area contributed by atoms with Crippen molar-refractivity contribution in [1.29, 1.82) is 0 Å². The van der Waals surface area contributed by atoms with Crippen molar-refractivity contribution in [3.63, 3.8) is 0 Å². The highest BCUT2D eigenvalue weighted by atomic mass is 32.2. The van der Waals surface area contributed by atoms with E-state index in [0.29, 0.717) is 0 Å². The van der Waals surface area contributed by atoms with Crippen LogP contribution in [0, 0.1) is 0 Å². The highest BCUT2D eigenvalue weighted by molar-refractivity contribution is 7.98. The van der Waals surface area contributed by atoms with Gasteiger partial charge in [0.1, 0.15) is 5.69 Å². The fourth-order valence-corrected chi connectivity index (χ4v) is 3.35. The molecule has 0 bridgehead atoms. The molecule has 0 unspecified atom stereocenters. The summed E-state index contributed by atoms with van der Waals surface area (Å²) in [5.41, 5.74) is 1.96. The molecule has 0 radical (unpaired) electrons. The van der Waals surface area contributed by atoms with Gasteiger partial charge in [0, 0.05) is 16.8 Å². The molecule has 4 nitrogen and oxygen atoms in total. The van der Waals surface area contributed by atoms with Crippen molar-refractivity contribution >= 4 is 29.3 Å². The fraction of sp³-hybridized carbons (Fsp3) is 0.176. The zero-order chi connectivity index (χ0) is 16.1. The number of hydrogen-bond donors (Lipinski definition) is 0. The molecule has 2 aromatic heterocycles. The van der Waals surface area contributed by atoms with E-state index in [-0.39, 0.29) is 0 Å². The number of aromatic nitrogens is 1. The summed E-state index contributed by atoms with van der Waals surface area (Å²) in [5, 5.41) is 6.62. The quantitative estimate of drug-likeness (QED) is 0.511. The van der Waals surface area contributed by atoms with E-state index >= 15 is 0 Å². The van der Waals surface area contributed by atoms with Crippen LogP contribution in [0.2, 0.25) is 0 Å². The number of rotatable bonds is 5. The largest absolute Gasteiger partial charge is 0.463 e. The predicted octanol–water partition coefficient (Wildman–Crippen LogP) is 4.33. The molecule has 0 saturated heterocycles. The van der Waals surface area contributed by atoms with Crippen LogP contribution in [-0.4, -0.2) is 23.7 Å². The van der Waals surface area contributed by atoms with E-state index in [2.05, 4.69) is 40.6 Å². The lowest BCUT2D eigenvalue weighted by molar-refractivity contribution is 0.575. The van der Waals surface area contributed by atoms with Crippen molar-refractivity contribution in [2.45, 2.75) is 11.8 Å². The standard InChI is InChI=1S/C17H17N3OS2/c1-3-18-17-20(15(12-23-17)16-5-4-10-21-16)19-11-13-6-8-14(22-2)9-7-13/h4-12H,3H2,1-2H3. The summed E-state index contributed by atoms with van der Waals surface area (Å²) in [6.07, 6.45) is 5.58. The van der Waals surface area contributed by atoms with Crippen LogP contribution in [0.1, 0.15) is 12.5 Å². The molecular weight excluding hydrogens is 326 g/mol. The number of thioether (sulfide) groups is 1. The van der Waals surface area contributed by atoms with Crippen LogP contribution in [0.3, 0.4) is 0 Å². The van der Waals surface area contributed by atoms with Crippen molar-refractivity contribution in [1.82, 2.24) is 4.68 Å². The molecule has 0 N–H and O–H groups in total. The van der Waals surface area contributed by atoms with Crippen LogP contribution >= 0.6 is 23.1 Å². The topological polar surface area (TPSA) is 42.8 Å². The average molecular weight is 343 g/mol. The van der Waals surface area contributed by atoms with Crippen LogP contribution in [0.4, 0.5) is 0 Å². The van der Waals surface area contributed by atoms with E-state index in [1.54, 1.807) is 29.4 Å². The molecule has 0 atom stereocenters. The Kier molecular flexibility index (Phi) is 5.15. The Morgan fingerprint density at radius 1 is 1.26 bits per heavy atom. The lowest BCUT2D eigenvalue weighted by Gasteiger charge is -2.01. The van der Waals surface area contributed by atoms with Gasteiger partial charge >= 0.3 is 0 Å². The van der Waals surface area contributed by atoms with Gasteiger partial charge in [-0.25, -0.2) is 4.68 Å². The van der Waals surface area contributed by atoms with E-state index in [0.717, 1.165) is 28.4 Å². The van der Waals surface area contributed by atoms with Gasteiger partial charge in [0.25, 0.3) is 0 Å². The molecule has 0 saturated carbocycles. The van der Waals surface area contributed by atoms with Crippen LogP contribution in [-0.2, 0) is 0 Å². The van der Waals surface area contributed by atoms with Crippen LogP contribution in [0.5, 0.6) is 0 Å². The Morgan fingerprint density at radius 2 is 2.09 bits per heavy atom. The van der Waals surface area contributed by atoms with Crippen LogP contribution in [0.25, 0.3) is 11.5 Å². The molecule has 0 spiro atoms. The molecular formula is C17H17N3OS2. The monoisotopic (exact) mass is 343 g/mol. The average Bonchev–Trinajstić information content (AvgIpc) is 3.23. The second-order valence-electron chi connectivity index (χ2n) is 4.68. The molecule has 0 aliphatic rings.